The summed E-state index contributed by atoms with van der Waals surface area (Å²) in [5.74, 6) is 0.151. The third-order valence-corrected chi connectivity index (χ3v) is 5.59. The van der Waals surface area contributed by atoms with Crippen LogP contribution in [0.25, 0.3) is 0 Å². The minimum Gasteiger partial charge on any atom is -0.314 e. The quantitative estimate of drug-likeness (QED) is 0.626. The highest BCUT2D eigenvalue weighted by Crippen LogP contribution is 2.27. The van der Waals surface area contributed by atoms with E-state index in [1.807, 2.05) is 12.1 Å². The van der Waals surface area contributed by atoms with E-state index in [1.165, 1.54) is 12.8 Å². The van der Waals surface area contributed by atoms with Crippen LogP contribution >= 0.6 is 31.9 Å². The van der Waals surface area contributed by atoms with Crippen molar-refractivity contribution in [2.24, 2.45) is 0 Å². The predicted octanol–water partition coefficient (Wildman–Crippen LogP) is 3.49. The lowest BCUT2D eigenvalue weighted by Crippen LogP contribution is -2.20. The Morgan fingerprint density at radius 3 is 2.65 bits per heavy atom. The lowest BCUT2D eigenvalue weighted by Gasteiger charge is -2.10. The Bertz CT molecular complexity index is 559. The summed E-state index contributed by atoms with van der Waals surface area (Å²) in [6.45, 7) is 0.904. The molecule has 0 aromatic heterocycles. The SMILES string of the molecule is O=S(=O)(CCCCNC1CC1)Nc1cc(Br)ccc1Br. The second-order valence-corrected chi connectivity index (χ2v) is 8.59. The van der Waals surface area contributed by atoms with E-state index in [2.05, 4.69) is 41.9 Å². The molecule has 0 amide bonds. The number of unbranched alkanes of at least 4 members (excludes halogenated alkanes) is 1. The van der Waals surface area contributed by atoms with Crippen molar-refractivity contribution in [3.05, 3.63) is 27.1 Å². The zero-order valence-electron chi connectivity index (χ0n) is 11.0. The van der Waals surface area contributed by atoms with Crippen LogP contribution in [0.15, 0.2) is 27.1 Å². The molecule has 112 valence electrons. The summed E-state index contributed by atoms with van der Waals surface area (Å²) in [6.07, 6.45) is 4.07. The number of hydrogen-bond acceptors (Lipinski definition) is 3. The Morgan fingerprint density at radius 1 is 1.20 bits per heavy atom. The molecular formula is C13H18Br2N2O2S. The van der Waals surface area contributed by atoms with Gasteiger partial charge >= 0.3 is 0 Å². The molecule has 7 heteroatoms. The van der Waals surface area contributed by atoms with Gasteiger partial charge in [0.1, 0.15) is 0 Å². The van der Waals surface area contributed by atoms with Crippen molar-refractivity contribution in [2.45, 2.75) is 31.7 Å². The number of rotatable bonds is 8. The van der Waals surface area contributed by atoms with E-state index in [-0.39, 0.29) is 5.75 Å². The van der Waals surface area contributed by atoms with Crippen molar-refractivity contribution in [3.8, 4) is 0 Å². The Labute approximate surface area is 137 Å². The highest BCUT2D eigenvalue weighted by molar-refractivity contribution is 9.11. The van der Waals surface area contributed by atoms with Crippen LogP contribution in [0.3, 0.4) is 0 Å². The van der Waals surface area contributed by atoms with Crippen LogP contribution in [-0.2, 0) is 10.0 Å². The maximum atomic E-state index is 12.0. The van der Waals surface area contributed by atoms with E-state index in [0.29, 0.717) is 18.2 Å². The van der Waals surface area contributed by atoms with Gasteiger partial charge in [-0.05, 0) is 66.4 Å². The third-order valence-electron chi connectivity index (χ3n) is 3.04. The first-order valence-corrected chi connectivity index (χ1v) is 9.89. The molecule has 1 aliphatic rings. The van der Waals surface area contributed by atoms with E-state index in [1.54, 1.807) is 6.07 Å². The highest BCUT2D eigenvalue weighted by Gasteiger charge is 2.19. The maximum absolute atomic E-state index is 12.0. The summed E-state index contributed by atoms with van der Waals surface area (Å²) < 4.78 is 28.2. The fourth-order valence-corrected chi connectivity index (χ4v) is 3.83. The van der Waals surface area contributed by atoms with Crippen LogP contribution < -0.4 is 10.0 Å². The van der Waals surface area contributed by atoms with Gasteiger partial charge in [-0.25, -0.2) is 8.42 Å². The largest absolute Gasteiger partial charge is 0.314 e. The van der Waals surface area contributed by atoms with E-state index in [9.17, 15) is 8.42 Å². The summed E-state index contributed by atoms with van der Waals surface area (Å²) in [6, 6.07) is 6.09. The maximum Gasteiger partial charge on any atom is 0.232 e. The fraction of sp³-hybridized carbons (Fsp3) is 0.538. The Morgan fingerprint density at radius 2 is 1.95 bits per heavy atom. The van der Waals surface area contributed by atoms with Crippen molar-refractivity contribution in [1.29, 1.82) is 0 Å². The van der Waals surface area contributed by atoms with Crippen LogP contribution in [0, 0.1) is 0 Å². The lowest BCUT2D eigenvalue weighted by atomic mass is 10.3. The molecule has 0 aliphatic heterocycles. The van der Waals surface area contributed by atoms with E-state index < -0.39 is 10.0 Å². The Kier molecular flexibility index (Phi) is 5.89. The second-order valence-electron chi connectivity index (χ2n) is 4.98. The van der Waals surface area contributed by atoms with Crippen LogP contribution in [0.5, 0.6) is 0 Å². The minimum absolute atomic E-state index is 0.151. The van der Waals surface area contributed by atoms with E-state index in [4.69, 9.17) is 0 Å². The first-order chi connectivity index (χ1) is 9.46. The topological polar surface area (TPSA) is 58.2 Å². The molecule has 2 N–H and O–H groups in total. The molecule has 1 aliphatic carbocycles. The molecule has 2 rings (SSSR count). The molecule has 1 fully saturated rings. The molecule has 20 heavy (non-hydrogen) atoms. The summed E-state index contributed by atoms with van der Waals surface area (Å²) in [4.78, 5) is 0. The number of halogens is 2. The van der Waals surface area contributed by atoms with Gasteiger partial charge in [0.15, 0.2) is 0 Å². The van der Waals surface area contributed by atoms with Gasteiger partial charge in [0, 0.05) is 15.0 Å². The van der Waals surface area contributed by atoms with E-state index >= 15 is 0 Å². The van der Waals surface area contributed by atoms with Crippen molar-refractivity contribution in [1.82, 2.24) is 5.32 Å². The van der Waals surface area contributed by atoms with Crippen LogP contribution in [0.1, 0.15) is 25.7 Å². The predicted molar refractivity (Wildman–Crippen MR) is 89.5 cm³/mol. The molecule has 1 aromatic rings. The fourth-order valence-electron chi connectivity index (χ4n) is 1.80. The van der Waals surface area contributed by atoms with Gasteiger partial charge in [-0.3, -0.25) is 4.72 Å². The molecule has 0 atom stereocenters. The molecule has 0 bridgehead atoms. The van der Waals surface area contributed by atoms with Crippen molar-refractivity contribution >= 4 is 47.6 Å². The van der Waals surface area contributed by atoms with Crippen LogP contribution in [0.4, 0.5) is 5.69 Å². The number of anilines is 1. The average molecular weight is 426 g/mol. The molecule has 1 aromatic carbocycles. The first-order valence-electron chi connectivity index (χ1n) is 6.65. The van der Waals surface area contributed by atoms with Crippen LogP contribution in [0.2, 0.25) is 0 Å². The zero-order chi connectivity index (χ0) is 14.6. The Hall–Kier alpha value is -0.110. The smallest absolute Gasteiger partial charge is 0.232 e. The van der Waals surface area contributed by atoms with Crippen molar-refractivity contribution in [2.75, 3.05) is 17.0 Å². The minimum atomic E-state index is -3.29. The molecule has 1 saturated carbocycles. The van der Waals surface area contributed by atoms with Crippen molar-refractivity contribution in [3.63, 3.8) is 0 Å². The summed E-state index contributed by atoms with van der Waals surface area (Å²) in [7, 11) is -3.29. The van der Waals surface area contributed by atoms with Gasteiger partial charge in [-0.15, -0.1) is 0 Å². The highest BCUT2D eigenvalue weighted by atomic mass is 79.9. The summed E-state index contributed by atoms with van der Waals surface area (Å²) >= 11 is 6.67. The van der Waals surface area contributed by atoms with Crippen molar-refractivity contribution < 1.29 is 8.42 Å². The van der Waals surface area contributed by atoms with Gasteiger partial charge in [-0.2, -0.15) is 0 Å². The van der Waals surface area contributed by atoms with Crippen LogP contribution in [-0.4, -0.2) is 26.8 Å². The standard InChI is InChI=1S/C13H18Br2N2O2S/c14-10-3-6-12(15)13(9-10)17-20(18,19)8-2-1-7-16-11-4-5-11/h3,6,9,11,16-17H,1-2,4-5,7-8H2. The zero-order valence-corrected chi connectivity index (χ0v) is 15.0. The summed E-state index contributed by atoms with van der Waals surface area (Å²) in [5, 5.41) is 3.38. The molecular weight excluding hydrogens is 408 g/mol. The van der Waals surface area contributed by atoms with Gasteiger partial charge < -0.3 is 5.32 Å². The summed E-state index contributed by atoms with van der Waals surface area (Å²) in [5.41, 5.74) is 0.565. The third kappa shape index (κ3) is 5.71. The first kappa shape index (κ1) is 16.3. The molecule has 4 nitrogen and oxygen atoms in total. The van der Waals surface area contributed by atoms with Gasteiger partial charge in [0.2, 0.25) is 10.0 Å². The normalized spacial score (nSPS) is 15.3. The molecule has 0 unspecified atom stereocenters. The molecule has 0 radical (unpaired) electrons. The molecule has 0 spiro atoms. The molecule has 0 heterocycles. The number of hydrogen-bond donors (Lipinski definition) is 2. The average Bonchev–Trinajstić information content (AvgIpc) is 3.17. The second kappa shape index (κ2) is 7.24. The number of benzene rings is 1. The van der Waals surface area contributed by atoms with Gasteiger partial charge in [0.05, 0.1) is 11.4 Å². The lowest BCUT2D eigenvalue weighted by molar-refractivity contribution is 0.591. The monoisotopic (exact) mass is 424 g/mol. The van der Waals surface area contributed by atoms with Gasteiger partial charge in [-0.1, -0.05) is 15.9 Å². The molecule has 0 saturated heterocycles. The van der Waals surface area contributed by atoms with E-state index in [0.717, 1.165) is 21.9 Å². The van der Waals surface area contributed by atoms with Gasteiger partial charge in [0.25, 0.3) is 0 Å². The number of sulfonamides is 1. The Balaban J connectivity index is 1.78. The number of nitrogens with one attached hydrogen (secondary N) is 2.